The third kappa shape index (κ3) is 2.94. The smallest absolute Gasteiger partial charge is 0.121 e. The number of methoxy groups -OCH3 is 1. The topological polar surface area (TPSA) is 34.0 Å². The van der Waals surface area contributed by atoms with E-state index in [1.54, 1.807) is 7.11 Å². The van der Waals surface area contributed by atoms with E-state index in [1.807, 2.05) is 56.3 Å². The molecule has 0 saturated carbocycles. The second-order valence-corrected chi connectivity index (χ2v) is 4.19. The maximum atomic E-state index is 5.20. The molecule has 0 radical (unpaired) electrons. The molecule has 0 unspecified atom stereocenters. The fraction of sp³-hybridized carbons (Fsp3) is 0.200. The van der Waals surface area contributed by atoms with E-state index in [2.05, 4.69) is 10.2 Å². The summed E-state index contributed by atoms with van der Waals surface area (Å²) in [5.41, 5.74) is 3.95. The van der Waals surface area contributed by atoms with Gasteiger partial charge in [0.05, 0.1) is 18.5 Å². The molecule has 3 nitrogen and oxygen atoms in total. The summed E-state index contributed by atoms with van der Waals surface area (Å²) in [6.07, 6.45) is 0. The highest BCUT2D eigenvalue weighted by Crippen LogP contribution is 2.25. The molecule has 2 rings (SSSR count). The molecule has 0 aliphatic heterocycles. The summed E-state index contributed by atoms with van der Waals surface area (Å²) in [5, 5.41) is 8.41. The van der Waals surface area contributed by atoms with Crippen LogP contribution in [0, 0.1) is 13.8 Å². The van der Waals surface area contributed by atoms with Gasteiger partial charge in [0.25, 0.3) is 0 Å². The van der Waals surface area contributed by atoms with Crippen molar-refractivity contribution < 1.29 is 4.74 Å². The van der Waals surface area contributed by atoms with Gasteiger partial charge in [-0.15, -0.1) is 0 Å². The lowest BCUT2D eigenvalue weighted by atomic mass is 10.2. The van der Waals surface area contributed by atoms with Crippen LogP contribution in [-0.2, 0) is 0 Å². The molecule has 2 aromatic rings. The first kappa shape index (κ1) is 12.3. The quantitative estimate of drug-likeness (QED) is 0.714. The summed E-state index contributed by atoms with van der Waals surface area (Å²) >= 11 is 0. The van der Waals surface area contributed by atoms with E-state index in [9.17, 15) is 0 Å². The maximum absolute atomic E-state index is 5.20. The molecule has 3 heteroatoms. The van der Waals surface area contributed by atoms with Crippen molar-refractivity contribution in [2.24, 2.45) is 10.2 Å². The van der Waals surface area contributed by atoms with Crippen LogP contribution in [0.1, 0.15) is 11.1 Å². The Kier molecular flexibility index (Phi) is 3.72. The minimum atomic E-state index is 0.828. The number of azo groups is 1. The normalized spacial score (nSPS) is 10.8. The third-order valence-electron chi connectivity index (χ3n) is 2.69. The van der Waals surface area contributed by atoms with Crippen LogP contribution >= 0.6 is 0 Å². The van der Waals surface area contributed by atoms with Crippen molar-refractivity contribution in [3.63, 3.8) is 0 Å². The van der Waals surface area contributed by atoms with Gasteiger partial charge in [0.15, 0.2) is 0 Å². The summed E-state index contributed by atoms with van der Waals surface area (Å²) in [6, 6.07) is 13.7. The second kappa shape index (κ2) is 5.45. The van der Waals surface area contributed by atoms with Gasteiger partial charge >= 0.3 is 0 Å². The molecule has 0 N–H and O–H groups in total. The van der Waals surface area contributed by atoms with Crippen molar-refractivity contribution in [2.75, 3.05) is 7.11 Å². The van der Waals surface area contributed by atoms with E-state index in [1.165, 1.54) is 5.56 Å². The Balaban J connectivity index is 2.18. The Bertz CT molecular complexity index is 559. The third-order valence-corrected chi connectivity index (χ3v) is 2.69. The van der Waals surface area contributed by atoms with Crippen molar-refractivity contribution in [1.29, 1.82) is 0 Å². The zero-order chi connectivity index (χ0) is 13.0. The lowest BCUT2D eigenvalue weighted by molar-refractivity contribution is 0.412. The van der Waals surface area contributed by atoms with Crippen LogP contribution in [0.5, 0.6) is 5.75 Å². The van der Waals surface area contributed by atoms with Crippen molar-refractivity contribution in [3.05, 3.63) is 53.6 Å². The first-order valence-electron chi connectivity index (χ1n) is 5.82. The van der Waals surface area contributed by atoms with Crippen LogP contribution < -0.4 is 4.74 Å². The summed E-state index contributed by atoms with van der Waals surface area (Å²) in [5.74, 6) is 0.865. The van der Waals surface area contributed by atoms with Crippen LogP contribution in [0.25, 0.3) is 0 Å². The van der Waals surface area contributed by atoms with Gasteiger partial charge in [0.2, 0.25) is 0 Å². The van der Waals surface area contributed by atoms with Gasteiger partial charge in [-0.3, -0.25) is 0 Å². The summed E-state index contributed by atoms with van der Waals surface area (Å²) in [4.78, 5) is 0. The van der Waals surface area contributed by atoms with Crippen LogP contribution in [0.2, 0.25) is 0 Å². The number of benzene rings is 2. The number of aryl methyl sites for hydroxylation is 2. The molecule has 0 aliphatic rings. The Hall–Kier alpha value is -2.16. The molecule has 0 amide bonds. The molecule has 0 fully saturated rings. The summed E-state index contributed by atoms with van der Waals surface area (Å²) in [6.45, 7) is 4.04. The number of ether oxygens (including phenoxy) is 1. The van der Waals surface area contributed by atoms with Gasteiger partial charge in [0.1, 0.15) is 5.75 Å². The molecule has 0 bridgehead atoms. The van der Waals surface area contributed by atoms with Crippen molar-refractivity contribution >= 4 is 11.4 Å². The number of nitrogens with zero attached hydrogens (tertiary/aromatic N) is 2. The molecule has 18 heavy (non-hydrogen) atoms. The van der Waals surface area contributed by atoms with Crippen molar-refractivity contribution in [2.45, 2.75) is 13.8 Å². The van der Waals surface area contributed by atoms with Gasteiger partial charge < -0.3 is 4.74 Å². The fourth-order valence-corrected chi connectivity index (χ4v) is 1.65. The Morgan fingerprint density at radius 1 is 0.833 bits per heavy atom. The molecule has 0 atom stereocenters. The molecular formula is C15H16N2O. The van der Waals surface area contributed by atoms with E-state index in [-0.39, 0.29) is 0 Å². The molecule has 0 aromatic heterocycles. The van der Waals surface area contributed by atoms with Crippen molar-refractivity contribution in [1.82, 2.24) is 0 Å². The van der Waals surface area contributed by atoms with Crippen LogP contribution in [0.15, 0.2) is 52.7 Å². The average molecular weight is 240 g/mol. The standard InChI is InChI=1S/C15H16N2O/c1-11-4-6-13(7-5-11)16-17-14-8-9-15(18-3)12(2)10-14/h4-10H,1-3H3. The van der Waals surface area contributed by atoms with Gasteiger partial charge in [-0.1, -0.05) is 17.7 Å². The van der Waals surface area contributed by atoms with Crippen LogP contribution in [-0.4, -0.2) is 7.11 Å². The van der Waals surface area contributed by atoms with E-state index in [0.29, 0.717) is 0 Å². The van der Waals surface area contributed by atoms with Gasteiger partial charge in [-0.2, -0.15) is 10.2 Å². The zero-order valence-electron chi connectivity index (χ0n) is 10.8. The van der Waals surface area contributed by atoms with E-state index < -0.39 is 0 Å². The average Bonchev–Trinajstić information content (AvgIpc) is 2.38. The first-order valence-corrected chi connectivity index (χ1v) is 5.82. The zero-order valence-corrected chi connectivity index (χ0v) is 10.8. The SMILES string of the molecule is COc1ccc(N=Nc2ccc(C)cc2)cc1C. The molecule has 2 aromatic carbocycles. The number of rotatable bonds is 3. The predicted molar refractivity (Wildman–Crippen MR) is 73.1 cm³/mol. The van der Waals surface area contributed by atoms with E-state index in [0.717, 1.165) is 22.7 Å². The number of hydrogen-bond acceptors (Lipinski definition) is 3. The lowest BCUT2D eigenvalue weighted by Crippen LogP contribution is -1.85. The summed E-state index contributed by atoms with van der Waals surface area (Å²) in [7, 11) is 1.66. The minimum Gasteiger partial charge on any atom is -0.496 e. The first-order chi connectivity index (χ1) is 8.69. The largest absolute Gasteiger partial charge is 0.496 e. The van der Waals surface area contributed by atoms with Gasteiger partial charge in [-0.25, -0.2) is 0 Å². The molecule has 0 heterocycles. The van der Waals surface area contributed by atoms with E-state index >= 15 is 0 Å². The van der Waals surface area contributed by atoms with Gasteiger partial charge in [-0.05, 0) is 49.7 Å². The summed E-state index contributed by atoms with van der Waals surface area (Å²) < 4.78 is 5.20. The Morgan fingerprint density at radius 2 is 1.44 bits per heavy atom. The molecule has 0 saturated heterocycles. The molecule has 0 spiro atoms. The van der Waals surface area contributed by atoms with Gasteiger partial charge in [0, 0.05) is 0 Å². The number of hydrogen-bond donors (Lipinski definition) is 0. The monoisotopic (exact) mass is 240 g/mol. The minimum absolute atomic E-state index is 0.828. The lowest BCUT2D eigenvalue weighted by Gasteiger charge is -2.03. The highest BCUT2D eigenvalue weighted by atomic mass is 16.5. The maximum Gasteiger partial charge on any atom is 0.121 e. The van der Waals surface area contributed by atoms with Crippen molar-refractivity contribution in [3.8, 4) is 5.75 Å². The highest BCUT2D eigenvalue weighted by molar-refractivity contribution is 5.47. The van der Waals surface area contributed by atoms with Crippen LogP contribution in [0.3, 0.4) is 0 Å². The molecule has 92 valence electrons. The Morgan fingerprint density at radius 3 is 2.06 bits per heavy atom. The fourth-order valence-electron chi connectivity index (χ4n) is 1.65. The Labute approximate surface area is 107 Å². The molecular weight excluding hydrogens is 224 g/mol. The van der Waals surface area contributed by atoms with Crippen LogP contribution in [0.4, 0.5) is 11.4 Å². The highest BCUT2D eigenvalue weighted by Gasteiger charge is 1.98. The van der Waals surface area contributed by atoms with E-state index in [4.69, 9.17) is 4.74 Å². The molecule has 0 aliphatic carbocycles. The second-order valence-electron chi connectivity index (χ2n) is 4.19. The predicted octanol–water partition coefficient (Wildman–Crippen LogP) is 4.73.